The summed E-state index contributed by atoms with van der Waals surface area (Å²) in [5, 5.41) is -0.143. The van der Waals surface area contributed by atoms with Crippen molar-refractivity contribution in [1.82, 2.24) is 14.3 Å². The number of rotatable bonds is 10. The molecular formula is C24H34ClN5O6S. The van der Waals surface area contributed by atoms with Gasteiger partial charge in [-0.25, -0.2) is 13.2 Å². The number of hydrogen-bond donors (Lipinski definition) is 2. The van der Waals surface area contributed by atoms with Crippen LogP contribution in [0.25, 0.3) is 0 Å². The van der Waals surface area contributed by atoms with Crippen LogP contribution in [0.1, 0.15) is 45.1 Å². The van der Waals surface area contributed by atoms with Gasteiger partial charge in [-0.3, -0.25) is 14.3 Å². The van der Waals surface area contributed by atoms with Gasteiger partial charge in [0.1, 0.15) is 11.5 Å². The van der Waals surface area contributed by atoms with E-state index in [2.05, 4.69) is 9.71 Å². The topological polar surface area (TPSA) is 126 Å². The molecule has 204 valence electrons. The van der Waals surface area contributed by atoms with Crippen LogP contribution in [0, 0.1) is 0 Å². The van der Waals surface area contributed by atoms with Crippen molar-refractivity contribution in [3.8, 4) is 0 Å². The molecular weight excluding hydrogens is 522 g/mol. The Morgan fingerprint density at radius 2 is 1.92 bits per heavy atom. The molecule has 13 heteroatoms. The zero-order valence-corrected chi connectivity index (χ0v) is 22.8. The number of benzene rings is 1. The van der Waals surface area contributed by atoms with Crippen LogP contribution < -0.4 is 25.8 Å². The van der Waals surface area contributed by atoms with Crippen molar-refractivity contribution in [2.75, 3.05) is 29.6 Å². The summed E-state index contributed by atoms with van der Waals surface area (Å²) < 4.78 is 41.6. The molecule has 1 fully saturated rings. The van der Waals surface area contributed by atoms with Gasteiger partial charge < -0.3 is 19.3 Å². The molecule has 4 rings (SSSR count). The lowest BCUT2D eigenvalue weighted by Crippen LogP contribution is -2.56. The second-order valence-corrected chi connectivity index (χ2v) is 12.2. The molecule has 37 heavy (non-hydrogen) atoms. The minimum Gasteiger partial charge on any atom is -0.353 e. The van der Waals surface area contributed by atoms with Gasteiger partial charge in [-0.15, -0.1) is 0 Å². The van der Waals surface area contributed by atoms with Crippen LogP contribution in [0.5, 0.6) is 0 Å². The van der Waals surface area contributed by atoms with E-state index in [-0.39, 0.29) is 18.5 Å². The Bertz CT molecular complexity index is 1300. The molecule has 0 spiro atoms. The summed E-state index contributed by atoms with van der Waals surface area (Å²) in [5.41, 5.74) is -0.142. The van der Waals surface area contributed by atoms with E-state index in [1.807, 2.05) is 12.1 Å². The Kier molecular flexibility index (Phi) is 8.64. The molecule has 1 aromatic heterocycles. The van der Waals surface area contributed by atoms with Crippen LogP contribution in [0.4, 0.5) is 11.5 Å². The van der Waals surface area contributed by atoms with Gasteiger partial charge in [-0.05, 0) is 57.2 Å². The first-order valence-electron chi connectivity index (χ1n) is 12.4. The zero-order valence-electron chi connectivity index (χ0n) is 21.3. The average molecular weight is 556 g/mol. The van der Waals surface area contributed by atoms with Crippen LogP contribution in [-0.4, -0.2) is 55.6 Å². The van der Waals surface area contributed by atoms with Gasteiger partial charge >= 0.3 is 5.69 Å². The molecule has 2 aliphatic rings. The maximum atomic E-state index is 13.1. The van der Waals surface area contributed by atoms with Gasteiger partial charge in [0.05, 0.1) is 11.9 Å². The van der Waals surface area contributed by atoms with E-state index in [1.165, 1.54) is 4.57 Å². The molecule has 2 atom stereocenters. The maximum Gasteiger partial charge on any atom is 0.329 e. The highest BCUT2D eigenvalue weighted by Crippen LogP contribution is 2.36. The number of nitrogens with zero attached hydrogens (tertiary/aromatic N) is 3. The first kappa shape index (κ1) is 27.6. The van der Waals surface area contributed by atoms with Crippen molar-refractivity contribution >= 4 is 33.1 Å². The summed E-state index contributed by atoms with van der Waals surface area (Å²) in [6, 6.07) is 7.09. The highest BCUT2D eigenvalue weighted by atomic mass is 35.5. The van der Waals surface area contributed by atoms with Crippen LogP contribution >= 0.6 is 11.6 Å². The molecule has 2 aromatic rings. The standard InChI is InChI=1S/C24H34ClN5O6S/c1-16(2)37(33,34)27-23-29(12-6-14-36-19-7-4-5-13-35-19)22-20(21(31)26-24(32)28(22)3)30(23)15-17-8-10-18(25)11-9-17/h8-11,16,19,23,27H,4-7,12-15H2,1-3H3,(H,26,31,32). The molecule has 2 unspecified atom stereocenters. The molecule has 0 aliphatic carbocycles. The molecule has 1 saturated heterocycles. The van der Waals surface area contributed by atoms with E-state index in [0.29, 0.717) is 37.0 Å². The minimum absolute atomic E-state index is 0.208. The number of ether oxygens (including phenoxy) is 2. The van der Waals surface area contributed by atoms with Crippen molar-refractivity contribution in [3.05, 3.63) is 55.7 Å². The summed E-state index contributed by atoms with van der Waals surface area (Å²) in [6.07, 6.45) is 2.25. The largest absolute Gasteiger partial charge is 0.353 e. The number of H-pyrrole nitrogens is 1. The summed E-state index contributed by atoms with van der Waals surface area (Å²) in [4.78, 5) is 31.4. The monoisotopic (exact) mass is 555 g/mol. The second kappa shape index (κ2) is 11.6. The van der Waals surface area contributed by atoms with Crippen molar-refractivity contribution in [1.29, 1.82) is 0 Å². The van der Waals surface area contributed by atoms with Crippen molar-refractivity contribution in [2.24, 2.45) is 7.05 Å². The second-order valence-electron chi connectivity index (χ2n) is 9.54. The number of nitrogens with one attached hydrogen (secondary N) is 2. The number of fused-ring (bicyclic) bond motifs is 1. The SMILES string of the molecule is CC(C)S(=O)(=O)NC1N(Cc2ccc(Cl)cc2)c2c(n(C)c(=O)[nH]c2=O)N1CCCOC1CCCCO1. The Morgan fingerprint density at radius 3 is 2.57 bits per heavy atom. The molecule has 1 aromatic carbocycles. The van der Waals surface area contributed by atoms with Gasteiger partial charge in [-0.1, -0.05) is 23.7 Å². The van der Waals surface area contributed by atoms with Gasteiger partial charge in [0.2, 0.25) is 10.0 Å². The predicted octanol–water partition coefficient (Wildman–Crippen LogP) is 2.10. The van der Waals surface area contributed by atoms with E-state index in [9.17, 15) is 18.0 Å². The van der Waals surface area contributed by atoms with Gasteiger partial charge in [0.15, 0.2) is 12.6 Å². The van der Waals surface area contributed by atoms with E-state index in [1.54, 1.807) is 42.8 Å². The lowest BCUT2D eigenvalue weighted by Gasteiger charge is -2.33. The van der Waals surface area contributed by atoms with E-state index >= 15 is 0 Å². The van der Waals surface area contributed by atoms with Gasteiger partial charge in [-0.2, -0.15) is 4.72 Å². The van der Waals surface area contributed by atoms with Crippen LogP contribution in [-0.2, 0) is 33.1 Å². The Hall–Kier alpha value is -2.38. The zero-order chi connectivity index (χ0) is 26.7. The first-order chi connectivity index (χ1) is 17.6. The molecule has 0 amide bonds. The number of aromatic nitrogens is 2. The van der Waals surface area contributed by atoms with Crippen molar-refractivity contribution in [2.45, 2.75) is 63.9 Å². The molecule has 3 heterocycles. The van der Waals surface area contributed by atoms with Gasteiger partial charge in [0.25, 0.3) is 5.56 Å². The summed E-state index contributed by atoms with van der Waals surface area (Å²) in [5.74, 6) is 0.341. The highest BCUT2D eigenvalue weighted by molar-refractivity contribution is 7.90. The number of sulfonamides is 1. The number of halogens is 1. The van der Waals surface area contributed by atoms with E-state index < -0.39 is 32.8 Å². The normalized spacial score (nSPS) is 20.0. The minimum atomic E-state index is -3.75. The Balaban J connectivity index is 1.68. The van der Waals surface area contributed by atoms with Crippen molar-refractivity contribution < 1.29 is 17.9 Å². The van der Waals surface area contributed by atoms with Crippen molar-refractivity contribution in [3.63, 3.8) is 0 Å². The van der Waals surface area contributed by atoms with Crippen LogP contribution in [0.3, 0.4) is 0 Å². The molecule has 11 nitrogen and oxygen atoms in total. The quantitative estimate of drug-likeness (QED) is 0.427. The lowest BCUT2D eigenvalue weighted by atomic mass is 10.2. The fourth-order valence-electron chi connectivity index (χ4n) is 4.47. The number of hydrogen-bond acceptors (Lipinski definition) is 8. The van der Waals surface area contributed by atoms with E-state index in [0.717, 1.165) is 24.8 Å². The molecule has 0 radical (unpaired) electrons. The molecule has 0 bridgehead atoms. The van der Waals surface area contributed by atoms with Crippen LogP contribution in [0.15, 0.2) is 33.9 Å². The summed E-state index contributed by atoms with van der Waals surface area (Å²) >= 11 is 6.05. The van der Waals surface area contributed by atoms with Crippen LogP contribution in [0.2, 0.25) is 5.02 Å². The third-order valence-electron chi connectivity index (χ3n) is 6.56. The maximum absolute atomic E-state index is 13.1. The summed E-state index contributed by atoms with van der Waals surface area (Å²) in [6.45, 7) is 4.76. The highest BCUT2D eigenvalue weighted by Gasteiger charge is 2.42. The number of anilines is 2. The Labute approximate surface area is 221 Å². The molecule has 2 aliphatic heterocycles. The van der Waals surface area contributed by atoms with Gasteiger partial charge in [0, 0.05) is 31.8 Å². The average Bonchev–Trinajstić information content (AvgIpc) is 3.15. The predicted molar refractivity (Wildman–Crippen MR) is 142 cm³/mol. The smallest absolute Gasteiger partial charge is 0.329 e. The summed E-state index contributed by atoms with van der Waals surface area (Å²) in [7, 11) is -2.20. The molecule has 2 N–H and O–H groups in total. The lowest BCUT2D eigenvalue weighted by molar-refractivity contribution is -0.162. The Morgan fingerprint density at radius 1 is 1.19 bits per heavy atom. The van der Waals surface area contributed by atoms with E-state index in [4.69, 9.17) is 21.1 Å². The fraction of sp³-hybridized carbons (Fsp3) is 0.583. The number of aromatic amines is 1. The molecule has 0 saturated carbocycles. The third kappa shape index (κ3) is 6.20. The fourth-order valence-corrected chi connectivity index (χ4v) is 5.42. The first-order valence-corrected chi connectivity index (χ1v) is 14.4. The third-order valence-corrected chi connectivity index (χ3v) is 8.59.